The number of allylic oxidation sites excluding steroid dienone is 8. The van der Waals surface area contributed by atoms with Crippen LogP contribution in [0.15, 0.2) is 48.6 Å². The lowest BCUT2D eigenvalue weighted by Crippen LogP contribution is -2.46. The Labute approximate surface area is 366 Å². The first-order valence-electron chi connectivity index (χ1n) is 25.4. The molecule has 0 fully saturated rings. The second kappa shape index (κ2) is 46.9. The SMILES string of the molecule is CCCCC/C=C\C/C=C\C/C=C\CCCCCCCCC(=O)OC(CCC/C=C\CCCCCCCCC)CC(=O)NC(CO)C(O)CCCCCCCCCCC. The molecule has 3 N–H and O–H groups in total. The van der Waals surface area contributed by atoms with Gasteiger partial charge in [0.05, 0.1) is 25.2 Å². The fourth-order valence-corrected chi connectivity index (χ4v) is 7.50. The average Bonchev–Trinajstić information content (AvgIpc) is 3.23. The molecule has 1 amide bonds. The molecule has 0 rings (SSSR count). The molecular formula is C53H97NO5. The third kappa shape index (κ3) is 42.3. The van der Waals surface area contributed by atoms with Crippen LogP contribution < -0.4 is 5.32 Å². The van der Waals surface area contributed by atoms with Crippen molar-refractivity contribution in [3.05, 3.63) is 48.6 Å². The summed E-state index contributed by atoms with van der Waals surface area (Å²) in [6.07, 6.45) is 56.0. The number of unbranched alkanes of at least 4 members (excludes halogenated alkanes) is 25. The minimum absolute atomic E-state index is 0.0516. The van der Waals surface area contributed by atoms with E-state index in [0.717, 1.165) is 77.0 Å². The zero-order valence-corrected chi connectivity index (χ0v) is 39.1. The molecule has 0 aromatic carbocycles. The van der Waals surface area contributed by atoms with E-state index in [0.29, 0.717) is 19.3 Å². The molecule has 0 aromatic rings. The number of hydrogen-bond acceptors (Lipinski definition) is 5. The lowest BCUT2D eigenvalue weighted by molar-refractivity contribution is -0.151. The largest absolute Gasteiger partial charge is 0.462 e. The second-order valence-corrected chi connectivity index (χ2v) is 17.2. The summed E-state index contributed by atoms with van der Waals surface area (Å²) in [5.41, 5.74) is 0. The first kappa shape index (κ1) is 56.8. The molecule has 6 nitrogen and oxygen atoms in total. The van der Waals surface area contributed by atoms with Crippen LogP contribution >= 0.6 is 0 Å². The molecule has 0 spiro atoms. The molecule has 0 radical (unpaired) electrons. The second-order valence-electron chi connectivity index (χ2n) is 17.2. The van der Waals surface area contributed by atoms with E-state index in [1.165, 1.54) is 128 Å². The molecule has 344 valence electrons. The maximum atomic E-state index is 13.1. The first-order chi connectivity index (χ1) is 29.0. The Morgan fingerprint density at radius 3 is 1.39 bits per heavy atom. The van der Waals surface area contributed by atoms with Crippen LogP contribution in [0.3, 0.4) is 0 Å². The molecule has 59 heavy (non-hydrogen) atoms. The van der Waals surface area contributed by atoms with Gasteiger partial charge in [0.25, 0.3) is 0 Å². The molecule has 6 heteroatoms. The Kier molecular flexibility index (Phi) is 45.1. The number of rotatable bonds is 45. The van der Waals surface area contributed by atoms with Crippen molar-refractivity contribution in [2.75, 3.05) is 6.61 Å². The summed E-state index contributed by atoms with van der Waals surface area (Å²) in [6, 6.07) is -0.710. The van der Waals surface area contributed by atoms with Gasteiger partial charge in [0.1, 0.15) is 6.10 Å². The monoisotopic (exact) mass is 828 g/mol. The highest BCUT2D eigenvalue weighted by atomic mass is 16.5. The predicted octanol–water partition coefficient (Wildman–Crippen LogP) is 15.1. The van der Waals surface area contributed by atoms with E-state index in [4.69, 9.17) is 4.74 Å². The zero-order valence-electron chi connectivity index (χ0n) is 39.1. The van der Waals surface area contributed by atoms with Gasteiger partial charge in [0.15, 0.2) is 0 Å². The molecule has 0 aliphatic rings. The summed E-state index contributed by atoms with van der Waals surface area (Å²) in [7, 11) is 0. The van der Waals surface area contributed by atoms with Crippen LogP contribution in [-0.4, -0.2) is 46.9 Å². The molecule has 0 saturated heterocycles. The highest BCUT2D eigenvalue weighted by molar-refractivity contribution is 5.77. The van der Waals surface area contributed by atoms with Gasteiger partial charge in [0, 0.05) is 6.42 Å². The van der Waals surface area contributed by atoms with E-state index in [1.807, 2.05) is 0 Å². The molecule has 0 heterocycles. The summed E-state index contributed by atoms with van der Waals surface area (Å²) in [5.74, 6) is -0.516. The molecule has 0 bridgehead atoms. The van der Waals surface area contributed by atoms with Crippen molar-refractivity contribution in [2.24, 2.45) is 0 Å². The highest BCUT2D eigenvalue weighted by Gasteiger charge is 2.24. The fourth-order valence-electron chi connectivity index (χ4n) is 7.50. The number of ether oxygens (including phenoxy) is 1. The molecule has 0 aromatic heterocycles. The number of carbonyl (C=O) groups excluding carboxylic acids is 2. The Morgan fingerprint density at radius 1 is 0.492 bits per heavy atom. The Morgan fingerprint density at radius 2 is 0.881 bits per heavy atom. The maximum Gasteiger partial charge on any atom is 0.306 e. The van der Waals surface area contributed by atoms with Crippen molar-refractivity contribution in [2.45, 2.75) is 270 Å². The van der Waals surface area contributed by atoms with Gasteiger partial charge in [-0.25, -0.2) is 0 Å². The van der Waals surface area contributed by atoms with E-state index in [9.17, 15) is 19.8 Å². The highest BCUT2D eigenvalue weighted by Crippen LogP contribution is 2.17. The lowest BCUT2D eigenvalue weighted by Gasteiger charge is -2.24. The molecule has 0 saturated carbocycles. The van der Waals surface area contributed by atoms with E-state index < -0.39 is 18.2 Å². The van der Waals surface area contributed by atoms with Gasteiger partial charge in [-0.05, 0) is 83.5 Å². The van der Waals surface area contributed by atoms with Gasteiger partial charge < -0.3 is 20.3 Å². The Hall–Kier alpha value is -2.18. The van der Waals surface area contributed by atoms with Crippen molar-refractivity contribution in [3.63, 3.8) is 0 Å². The average molecular weight is 828 g/mol. The number of hydrogen-bond donors (Lipinski definition) is 3. The number of aliphatic hydroxyl groups is 2. The number of esters is 1. The third-order valence-corrected chi connectivity index (χ3v) is 11.4. The Balaban J connectivity index is 4.56. The first-order valence-corrected chi connectivity index (χ1v) is 25.4. The smallest absolute Gasteiger partial charge is 0.306 e. The van der Waals surface area contributed by atoms with Crippen molar-refractivity contribution >= 4 is 11.9 Å². The fraction of sp³-hybridized carbons (Fsp3) is 0.811. The van der Waals surface area contributed by atoms with Gasteiger partial charge >= 0.3 is 5.97 Å². The zero-order chi connectivity index (χ0) is 43.1. The van der Waals surface area contributed by atoms with Crippen molar-refractivity contribution in [1.29, 1.82) is 0 Å². The van der Waals surface area contributed by atoms with Crippen molar-refractivity contribution in [1.82, 2.24) is 5.32 Å². The van der Waals surface area contributed by atoms with E-state index in [1.54, 1.807) is 0 Å². The third-order valence-electron chi connectivity index (χ3n) is 11.4. The van der Waals surface area contributed by atoms with E-state index in [-0.39, 0.29) is 24.9 Å². The van der Waals surface area contributed by atoms with Crippen LogP contribution in [0.2, 0.25) is 0 Å². The van der Waals surface area contributed by atoms with Crippen molar-refractivity contribution in [3.8, 4) is 0 Å². The quantitative estimate of drug-likeness (QED) is 0.0323. The minimum atomic E-state index is -0.794. The van der Waals surface area contributed by atoms with Gasteiger partial charge in [-0.15, -0.1) is 0 Å². The van der Waals surface area contributed by atoms with Crippen LogP contribution in [-0.2, 0) is 14.3 Å². The summed E-state index contributed by atoms with van der Waals surface area (Å²) < 4.78 is 5.90. The summed E-state index contributed by atoms with van der Waals surface area (Å²) in [4.78, 5) is 26.1. The van der Waals surface area contributed by atoms with E-state index in [2.05, 4.69) is 74.7 Å². The van der Waals surface area contributed by atoms with E-state index >= 15 is 0 Å². The van der Waals surface area contributed by atoms with Gasteiger partial charge in [-0.2, -0.15) is 0 Å². The van der Waals surface area contributed by atoms with Crippen LogP contribution in [0, 0.1) is 0 Å². The molecule has 3 atom stereocenters. The van der Waals surface area contributed by atoms with Crippen LogP contribution in [0.5, 0.6) is 0 Å². The molecule has 0 aliphatic carbocycles. The molecule has 3 unspecified atom stereocenters. The minimum Gasteiger partial charge on any atom is -0.462 e. The number of aliphatic hydroxyl groups excluding tert-OH is 2. The van der Waals surface area contributed by atoms with Gasteiger partial charge in [-0.1, -0.05) is 204 Å². The van der Waals surface area contributed by atoms with Gasteiger partial charge in [0.2, 0.25) is 5.91 Å². The summed E-state index contributed by atoms with van der Waals surface area (Å²) in [5, 5.41) is 23.6. The number of amides is 1. The normalized spacial score (nSPS) is 13.6. The summed E-state index contributed by atoms with van der Waals surface area (Å²) >= 11 is 0. The topological polar surface area (TPSA) is 95.9 Å². The Bertz CT molecular complexity index is 1020. The van der Waals surface area contributed by atoms with Crippen LogP contribution in [0.25, 0.3) is 0 Å². The number of nitrogens with one attached hydrogen (secondary N) is 1. The molecule has 0 aliphatic heterocycles. The number of carbonyl (C=O) groups is 2. The lowest BCUT2D eigenvalue weighted by atomic mass is 10.0. The van der Waals surface area contributed by atoms with Gasteiger partial charge in [-0.3, -0.25) is 9.59 Å². The van der Waals surface area contributed by atoms with Crippen molar-refractivity contribution < 1.29 is 24.5 Å². The summed E-state index contributed by atoms with van der Waals surface area (Å²) in [6.45, 7) is 6.42. The van der Waals surface area contributed by atoms with Crippen LogP contribution in [0.1, 0.15) is 252 Å². The van der Waals surface area contributed by atoms with Crippen LogP contribution in [0.4, 0.5) is 0 Å². The maximum absolute atomic E-state index is 13.1. The standard InChI is InChI=1S/C53H97NO5/c1-4-7-10-13-16-19-21-23-24-25-26-27-28-29-31-34-37-40-43-46-53(58)59-49(44-41-38-35-33-30-22-20-17-14-11-8-5-2)47-52(57)54-50(48-55)51(56)45-42-39-36-32-18-15-12-9-6-3/h16,19,23-24,26-27,33,35,49-51,55-56H,4-15,17-18,20-22,25,28-32,34,36-48H2,1-3H3,(H,54,57)/b19-16-,24-23-,27-26-,35-33-. The predicted molar refractivity (Wildman–Crippen MR) is 255 cm³/mol. The molecular weight excluding hydrogens is 731 g/mol.